The summed E-state index contributed by atoms with van der Waals surface area (Å²) in [6.07, 6.45) is 1.15. The highest BCUT2D eigenvalue weighted by Crippen LogP contribution is 2.19. The molecule has 0 aliphatic heterocycles. The minimum Gasteiger partial charge on any atom is -0.309 e. The van der Waals surface area contributed by atoms with Crippen LogP contribution in [0.25, 0.3) is 0 Å². The van der Waals surface area contributed by atoms with Gasteiger partial charge in [0.2, 0.25) is 0 Å². The van der Waals surface area contributed by atoms with E-state index >= 15 is 0 Å². The van der Waals surface area contributed by atoms with Crippen LogP contribution in [0, 0.1) is 6.92 Å². The summed E-state index contributed by atoms with van der Waals surface area (Å²) in [6.45, 7) is 6.20. The van der Waals surface area contributed by atoms with Gasteiger partial charge in [0.25, 0.3) is 0 Å². The number of rotatable bonds is 6. The van der Waals surface area contributed by atoms with Crippen LogP contribution >= 0.6 is 15.9 Å². The minimum atomic E-state index is 0.513. The van der Waals surface area contributed by atoms with Gasteiger partial charge in [0.15, 0.2) is 0 Å². The summed E-state index contributed by atoms with van der Waals surface area (Å²) in [5, 5.41) is 7.92. The average Bonchev–Trinajstić information content (AvgIpc) is 2.48. The van der Waals surface area contributed by atoms with Crippen molar-refractivity contribution in [3.8, 4) is 0 Å². The number of aryl methyl sites for hydroxylation is 2. The summed E-state index contributed by atoms with van der Waals surface area (Å²) < 4.78 is 3.05. The molecule has 1 aromatic rings. The Kier molecular flexibility index (Phi) is 5.62. The molecule has 1 heterocycles. The molecule has 0 saturated heterocycles. The third-order valence-corrected chi connectivity index (χ3v) is 3.92. The monoisotopic (exact) mass is 302 g/mol. The minimum absolute atomic E-state index is 0.513. The van der Waals surface area contributed by atoms with Gasteiger partial charge in [0, 0.05) is 19.6 Å². The third kappa shape index (κ3) is 4.41. The van der Waals surface area contributed by atoms with Crippen molar-refractivity contribution in [2.45, 2.75) is 32.9 Å². The second-order valence-electron chi connectivity index (χ2n) is 4.84. The first kappa shape index (κ1) is 14.7. The number of nitrogens with one attached hydrogen (secondary N) is 1. The number of halogens is 1. The van der Waals surface area contributed by atoms with Crippen molar-refractivity contribution in [1.29, 1.82) is 0 Å². The van der Waals surface area contributed by atoms with Gasteiger partial charge in [-0.1, -0.05) is 0 Å². The largest absolute Gasteiger partial charge is 0.309 e. The highest BCUT2D eigenvalue weighted by molar-refractivity contribution is 9.10. The maximum Gasteiger partial charge on any atom is 0.0739 e. The number of hydrogen-bond donors (Lipinski definition) is 1. The van der Waals surface area contributed by atoms with Gasteiger partial charge in [-0.3, -0.25) is 4.68 Å². The van der Waals surface area contributed by atoms with E-state index in [-0.39, 0.29) is 0 Å². The number of aromatic nitrogens is 2. The van der Waals surface area contributed by atoms with Crippen molar-refractivity contribution in [3.63, 3.8) is 0 Å². The molecule has 0 bridgehead atoms. The highest BCUT2D eigenvalue weighted by atomic mass is 79.9. The molecule has 1 unspecified atom stereocenters. The maximum atomic E-state index is 4.38. The van der Waals surface area contributed by atoms with Crippen molar-refractivity contribution in [2.75, 3.05) is 20.6 Å². The summed E-state index contributed by atoms with van der Waals surface area (Å²) in [4.78, 5) is 2.21. The van der Waals surface area contributed by atoms with Crippen molar-refractivity contribution in [2.24, 2.45) is 7.05 Å². The highest BCUT2D eigenvalue weighted by Gasteiger charge is 2.11. The van der Waals surface area contributed by atoms with Crippen LogP contribution in [0.2, 0.25) is 0 Å². The summed E-state index contributed by atoms with van der Waals surface area (Å²) in [5.74, 6) is 0. The molecule has 1 rings (SSSR count). The average molecular weight is 303 g/mol. The van der Waals surface area contributed by atoms with Crippen molar-refractivity contribution in [1.82, 2.24) is 20.0 Å². The Labute approximate surface area is 113 Å². The predicted molar refractivity (Wildman–Crippen MR) is 75.1 cm³/mol. The predicted octanol–water partition coefficient (Wildman–Crippen LogP) is 1.92. The molecule has 5 heteroatoms. The van der Waals surface area contributed by atoms with Crippen LogP contribution in [0.15, 0.2) is 4.47 Å². The molecule has 17 heavy (non-hydrogen) atoms. The van der Waals surface area contributed by atoms with E-state index in [1.54, 1.807) is 0 Å². The van der Waals surface area contributed by atoms with Gasteiger partial charge >= 0.3 is 0 Å². The van der Waals surface area contributed by atoms with E-state index in [1.165, 1.54) is 5.69 Å². The zero-order valence-corrected chi connectivity index (χ0v) is 13.0. The summed E-state index contributed by atoms with van der Waals surface area (Å²) >= 11 is 3.58. The zero-order valence-electron chi connectivity index (χ0n) is 11.4. The van der Waals surface area contributed by atoms with Gasteiger partial charge in [-0.25, -0.2) is 0 Å². The molecule has 0 aromatic carbocycles. The quantitative estimate of drug-likeness (QED) is 0.871. The first-order valence-electron chi connectivity index (χ1n) is 5.98. The van der Waals surface area contributed by atoms with E-state index in [9.17, 15) is 0 Å². The Balaban J connectivity index is 2.44. The van der Waals surface area contributed by atoms with Gasteiger partial charge in [0.05, 0.1) is 15.9 Å². The molecular weight excluding hydrogens is 280 g/mol. The second kappa shape index (κ2) is 6.52. The molecule has 98 valence electrons. The fraction of sp³-hybridized carbons (Fsp3) is 0.750. The molecule has 4 nitrogen and oxygen atoms in total. The van der Waals surface area contributed by atoms with Crippen molar-refractivity contribution < 1.29 is 0 Å². The van der Waals surface area contributed by atoms with Crippen LogP contribution in [0.5, 0.6) is 0 Å². The molecule has 1 aromatic heterocycles. The fourth-order valence-electron chi connectivity index (χ4n) is 1.70. The standard InChI is InChI=1S/C12H23BrN4/c1-9(6-7-16(3)4)14-8-11-12(13)10(2)15-17(11)5/h9,14H,6-8H2,1-5H3. The molecule has 0 aliphatic carbocycles. The fourth-order valence-corrected chi connectivity index (χ4v) is 2.17. The van der Waals surface area contributed by atoms with E-state index < -0.39 is 0 Å². The van der Waals surface area contributed by atoms with E-state index in [4.69, 9.17) is 0 Å². The number of nitrogens with zero attached hydrogens (tertiary/aromatic N) is 3. The molecular formula is C12H23BrN4. The second-order valence-corrected chi connectivity index (χ2v) is 5.64. The Hall–Kier alpha value is -0.390. The first-order valence-corrected chi connectivity index (χ1v) is 6.77. The molecule has 0 aliphatic rings. The van der Waals surface area contributed by atoms with Gasteiger partial charge in [-0.05, 0) is 56.8 Å². The Morgan fingerprint density at radius 1 is 1.47 bits per heavy atom. The molecule has 0 amide bonds. The van der Waals surface area contributed by atoms with Crippen LogP contribution in [0.3, 0.4) is 0 Å². The van der Waals surface area contributed by atoms with Gasteiger partial charge < -0.3 is 10.2 Å². The molecule has 1 atom stereocenters. The Morgan fingerprint density at radius 2 is 2.12 bits per heavy atom. The molecule has 0 radical (unpaired) electrons. The molecule has 0 saturated carbocycles. The summed E-state index contributed by atoms with van der Waals surface area (Å²) in [7, 11) is 6.20. The van der Waals surface area contributed by atoms with Crippen molar-refractivity contribution >= 4 is 15.9 Å². The Morgan fingerprint density at radius 3 is 2.59 bits per heavy atom. The number of hydrogen-bond acceptors (Lipinski definition) is 3. The third-order valence-electron chi connectivity index (χ3n) is 2.89. The lowest BCUT2D eigenvalue weighted by Crippen LogP contribution is -2.30. The van der Waals surface area contributed by atoms with Gasteiger partial charge in [-0.2, -0.15) is 5.10 Å². The zero-order chi connectivity index (χ0) is 13.0. The van der Waals surface area contributed by atoms with E-state index in [2.05, 4.69) is 52.3 Å². The van der Waals surface area contributed by atoms with Gasteiger partial charge in [-0.15, -0.1) is 0 Å². The molecule has 0 spiro atoms. The summed E-state index contributed by atoms with van der Waals surface area (Å²) in [5.41, 5.74) is 2.25. The first-order chi connectivity index (χ1) is 7.91. The SMILES string of the molecule is Cc1nn(C)c(CNC(C)CCN(C)C)c1Br. The smallest absolute Gasteiger partial charge is 0.0739 e. The normalized spacial score (nSPS) is 13.4. The van der Waals surface area contributed by atoms with E-state index in [1.807, 2.05) is 18.7 Å². The topological polar surface area (TPSA) is 33.1 Å². The molecule has 0 fully saturated rings. The van der Waals surface area contributed by atoms with Crippen LogP contribution in [-0.2, 0) is 13.6 Å². The molecule has 1 N–H and O–H groups in total. The van der Waals surface area contributed by atoms with Crippen LogP contribution < -0.4 is 5.32 Å². The maximum absolute atomic E-state index is 4.38. The summed E-state index contributed by atoms with van der Waals surface area (Å²) in [6, 6.07) is 0.513. The van der Waals surface area contributed by atoms with Crippen LogP contribution in [-0.4, -0.2) is 41.4 Å². The lowest BCUT2D eigenvalue weighted by Gasteiger charge is -2.16. The lowest BCUT2D eigenvalue weighted by molar-refractivity contribution is 0.364. The van der Waals surface area contributed by atoms with Crippen LogP contribution in [0.1, 0.15) is 24.7 Å². The van der Waals surface area contributed by atoms with E-state index in [0.29, 0.717) is 6.04 Å². The van der Waals surface area contributed by atoms with Crippen LogP contribution in [0.4, 0.5) is 0 Å². The van der Waals surface area contributed by atoms with Gasteiger partial charge in [0.1, 0.15) is 0 Å². The van der Waals surface area contributed by atoms with E-state index in [0.717, 1.165) is 29.7 Å². The van der Waals surface area contributed by atoms with Crippen molar-refractivity contribution in [3.05, 3.63) is 15.9 Å². The lowest BCUT2D eigenvalue weighted by atomic mass is 10.2. The Bertz CT molecular complexity index is 360.